The van der Waals surface area contributed by atoms with Gasteiger partial charge in [0.1, 0.15) is 11.6 Å². The van der Waals surface area contributed by atoms with Crippen molar-refractivity contribution in [1.29, 1.82) is 0 Å². The number of rotatable bonds is 16. The lowest BCUT2D eigenvalue weighted by atomic mass is 9.97. The molecule has 0 aliphatic carbocycles. The number of esters is 1. The minimum absolute atomic E-state index is 0.0173. The lowest BCUT2D eigenvalue weighted by molar-refractivity contribution is -0.253. The summed E-state index contributed by atoms with van der Waals surface area (Å²) in [6, 6.07) is 23.7. The summed E-state index contributed by atoms with van der Waals surface area (Å²) in [4.78, 5) is 39.0. The van der Waals surface area contributed by atoms with Gasteiger partial charge in [0.25, 0.3) is 0 Å². The Hall–Kier alpha value is -4.13. The normalized spacial score (nSPS) is 20.5. The zero-order chi connectivity index (χ0) is 37.8. The first kappa shape index (κ1) is 40.1. The topological polar surface area (TPSA) is 147 Å². The Labute approximate surface area is 313 Å². The van der Waals surface area contributed by atoms with E-state index in [9.17, 15) is 19.5 Å². The molecule has 2 aliphatic heterocycles. The van der Waals surface area contributed by atoms with E-state index in [1.807, 2.05) is 93.6 Å². The smallest absolute Gasteiger partial charge is 0.323 e. The van der Waals surface area contributed by atoms with Gasteiger partial charge in [0.05, 0.1) is 18.8 Å². The number of unbranched alkanes of at least 4 members (excludes halogenated alkanes) is 3. The summed E-state index contributed by atoms with van der Waals surface area (Å²) in [6.45, 7) is 7.43. The van der Waals surface area contributed by atoms with Crippen LogP contribution in [0, 0.1) is 0 Å². The third-order valence-corrected chi connectivity index (χ3v) is 9.77. The van der Waals surface area contributed by atoms with Crippen molar-refractivity contribution in [3.05, 3.63) is 95.1 Å². The number of carbonyl (C=O) groups is 3. The highest BCUT2D eigenvalue weighted by Crippen LogP contribution is 2.39. The molecule has 11 heteroatoms. The van der Waals surface area contributed by atoms with Crippen molar-refractivity contribution in [2.45, 2.75) is 122 Å². The number of hydrogen-bond donors (Lipinski definition) is 4. The molecule has 2 fully saturated rings. The number of hydroxylamine groups is 1. The molecule has 3 aromatic carbocycles. The van der Waals surface area contributed by atoms with Crippen molar-refractivity contribution in [3.63, 3.8) is 0 Å². The number of ether oxygens (including phenoxy) is 3. The predicted octanol–water partition coefficient (Wildman–Crippen LogP) is 6.66. The maximum absolute atomic E-state index is 13.1. The first-order valence-electron chi connectivity index (χ1n) is 18.9. The molecule has 5 rings (SSSR count). The Morgan fingerprint density at radius 3 is 2.23 bits per heavy atom. The van der Waals surface area contributed by atoms with E-state index in [-0.39, 0.29) is 49.1 Å². The highest BCUT2D eigenvalue weighted by Gasteiger charge is 2.39. The number of carbonyl (C=O) groups excluding carboxylic acids is 3. The molecule has 3 aromatic rings. The molecule has 0 spiro atoms. The fraction of sp³-hybridized carbons (Fsp3) is 0.500. The summed E-state index contributed by atoms with van der Waals surface area (Å²) in [5.41, 5.74) is 6.84. The fourth-order valence-corrected chi connectivity index (χ4v) is 7.01. The first-order chi connectivity index (χ1) is 25.5. The molecule has 2 saturated heterocycles. The van der Waals surface area contributed by atoms with Crippen LogP contribution in [0.2, 0.25) is 0 Å². The van der Waals surface area contributed by atoms with Crippen LogP contribution >= 0.6 is 0 Å². The third-order valence-electron chi connectivity index (χ3n) is 9.77. The van der Waals surface area contributed by atoms with Crippen LogP contribution in [0.3, 0.4) is 0 Å². The van der Waals surface area contributed by atoms with Crippen LogP contribution in [0.15, 0.2) is 72.8 Å². The van der Waals surface area contributed by atoms with E-state index >= 15 is 0 Å². The molecule has 0 bridgehead atoms. The second-order valence-corrected chi connectivity index (χ2v) is 15.0. The molecule has 4 atom stereocenters. The number of nitrogens with zero attached hydrogens (tertiary/aromatic N) is 1. The molecule has 2 amide bonds. The van der Waals surface area contributed by atoms with Crippen molar-refractivity contribution in [2.24, 2.45) is 0 Å². The lowest BCUT2D eigenvalue weighted by Crippen LogP contribution is -2.45. The van der Waals surface area contributed by atoms with E-state index in [2.05, 4.69) is 10.2 Å². The van der Waals surface area contributed by atoms with Gasteiger partial charge < -0.3 is 24.6 Å². The van der Waals surface area contributed by atoms with Crippen LogP contribution in [0.4, 0.5) is 0 Å². The van der Waals surface area contributed by atoms with Gasteiger partial charge in [-0.3, -0.25) is 24.5 Å². The Kier molecular flexibility index (Phi) is 14.6. The monoisotopic (exact) mass is 729 g/mol. The van der Waals surface area contributed by atoms with E-state index in [1.54, 1.807) is 5.48 Å². The number of aliphatic hydroxyl groups is 1. The van der Waals surface area contributed by atoms with Gasteiger partial charge in [0, 0.05) is 37.9 Å². The van der Waals surface area contributed by atoms with Crippen LogP contribution in [0.1, 0.15) is 113 Å². The molecule has 286 valence electrons. The fourth-order valence-electron chi connectivity index (χ4n) is 7.01. The minimum Gasteiger partial charge on any atom is -0.459 e. The molecule has 2 aliphatic rings. The molecule has 11 nitrogen and oxygen atoms in total. The summed E-state index contributed by atoms with van der Waals surface area (Å²) in [6.07, 6.45) is 4.99. The van der Waals surface area contributed by atoms with Crippen LogP contribution in [-0.4, -0.2) is 63.8 Å². The van der Waals surface area contributed by atoms with Crippen molar-refractivity contribution < 1.29 is 38.9 Å². The standard InChI is InChI=1S/C42H55N3O8/c1-42(2,3)53-40(49)36-13-10-24-45(36)27-34-25-37(31-18-16-29(28-46)17-19-31)52-41(51-34)32-22-20-30(21-23-32)35-12-9-8-11-33(35)26-43-38(47)14-6-4-5-7-15-39(48)44-50/h8-9,11-12,16-23,34,36-37,41,46,50H,4-7,10,13-15,24-28H2,1-3H3,(H,43,47)(H,44,48). The molecule has 4 unspecified atom stereocenters. The number of benzene rings is 3. The Morgan fingerprint density at radius 1 is 0.868 bits per heavy atom. The van der Waals surface area contributed by atoms with Gasteiger partial charge in [-0.15, -0.1) is 0 Å². The van der Waals surface area contributed by atoms with Crippen molar-refractivity contribution in [1.82, 2.24) is 15.7 Å². The summed E-state index contributed by atoms with van der Waals surface area (Å²) >= 11 is 0. The zero-order valence-corrected chi connectivity index (χ0v) is 31.2. The summed E-state index contributed by atoms with van der Waals surface area (Å²) in [5, 5.41) is 21.2. The van der Waals surface area contributed by atoms with Crippen LogP contribution in [-0.2, 0) is 41.7 Å². The zero-order valence-electron chi connectivity index (χ0n) is 31.2. The van der Waals surface area contributed by atoms with Crippen molar-refractivity contribution in [3.8, 4) is 11.1 Å². The van der Waals surface area contributed by atoms with Gasteiger partial charge in [-0.2, -0.15) is 0 Å². The van der Waals surface area contributed by atoms with Gasteiger partial charge >= 0.3 is 5.97 Å². The minimum atomic E-state index is -0.630. The third kappa shape index (κ3) is 11.9. The van der Waals surface area contributed by atoms with E-state index < -0.39 is 11.9 Å². The molecule has 0 aromatic heterocycles. The van der Waals surface area contributed by atoms with Gasteiger partial charge in [0.15, 0.2) is 6.29 Å². The molecule has 53 heavy (non-hydrogen) atoms. The summed E-state index contributed by atoms with van der Waals surface area (Å²) in [7, 11) is 0. The summed E-state index contributed by atoms with van der Waals surface area (Å²) < 4.78 is 19.0. The van der Waals surface area contributed by atoms with Crippen LogP contribution < -0.4 is 10.8 Å². The van der Waals surface area contributed by atoms with Crippen LogP contribution in [0.5, 0.6) is 0 Å². The number of hydrogen-bond acceptors (Lipinski definition) is 9. The molecular weight excluding hydrogens is 674 g/mol. The number of amides is 2. The van der Waals surface area contributed by atoms with E-state index in [1.165, 1.54) is 0 Å². The highest BCUT2D eigenvalue weighted by atomic mass is 16.7. The van der Waals surface area contributed by atoms with Crippen molar-refractivity contribution in [2.75, 3.05) is 13.1 Å². The van der Waals surface area contributed by atoms with E-state index in [0.717, 1.165) is 72.0 Å². The Balaban J connectivity index is 1.24. The Bertz CT molecular complexity index is 1640. The number of nitrogens with one attached hydrogen (secondary N) is 2. The molecule has 0 saturated carbocycles. The van der Waals surface area contributed by atoms with E-state index in [0.29, 0.717) is 32.4 Å². The average molecular weight is 730 g/mol. The highest BCUT2D eigenvalue weighted by molar-refractivity contribution is 5.77. The van der Waals surface area contributed by atoms with Crippen LogP contribution in [0.25, 0.3) is 11.1 Å². The van der Waals surface area contributed by atoms with Gasteiger partial charge in [-0.25, -0.2) is 5.48 Å². The second kappa shape index (κ2) is 19.3. The quantitative estimate of drug-likeness (QED) is 0.0550. The van der Waals surface area contributed by atoms with Crippen molar-refractivity contribution >= 4 is 17.8 Å². The molecule has 4 N–H and O–H groups in total. The predicted molar refractivity (Wildman–Crippen MR) is 200 cm³/mol. The molecular formula is C42H55N3O8. The maximum atomic E-state index is 13.1. The molecule has 0 radical (unpaired) electrons. The maximum Gasteiger partial charge on any atom is 0.323 e. The lowest BCUT2D eigenvalue weighted by Gasteiger charge is -2.38. The van der Waals surface area contributed by atoms with E-state index in [4.69, 9.17) is 19.4 Å². The average Bonchev–Trinajstić information content (AvgIpc) is 3.63. The molecule has 2 heterocycles. The largest absolute Gasteiger partial charge is 0.459 e. The Morgan fingerprint density at radius 2 is 1.55 bits per heavy atom. The van der Waals surface area contributed by atoms with Gasteiger partial charge in [-0.05, 0) is 80.8 Å². The first-order valence-corrected chi connectivity index (χ1v) is 18.9. The number of likely N-dealkylation sites (tertiary alicyclic amines) is 1. The van der Waals surface area contributed by atoms with Gasteiger partial charge in [0.2, 0.25) is 11.8 Å². The number of aliphatic hydroxyl groups excluding tert-OH is 1. The second-order valence-electron chi connectivity index (χ2n) is 15.0. The summed E-state index contributed by atoms with van der Waals surface area (Å²) in [5.74, 6) is -0.597. The SMILES string of the molecule is CC(C)(C)OC(=O)C1CCCN1CC1CC(c2ccc(CO)cc2)OC(c2ccc(-c3ccccc3CNC(=O)CCCCCCC(=O)NO)cc2)O1. The van der Waals surface area contributed by atoms with Gasteiger partial charge in [-0.1, -0.05) is 85.6 Å².